The topological polar surface area (TPSA) is 98.8 Å². The minimum absolute atomic E-state index is 0.130. The predicted octanol–water partition coefficient (Wildman–Crippen LogP) is 2.05. The second-order valence-corrected chi connectivity index (χ2v) is 9.95. The number of alkyl halides is 3. The van der Waals surface area contributed by atoms with Gasteiger partial charge in [-0.1, -0.05) is 6.07 Å². The molecular formula is C18H20F4N2O4S. The average Bonchev–Trinajstić information content (AvgIpc) is 3.04. The Labute approximate surface area is 165 Å². The lowest BCUT2D eigenvalue weighted by Crippen LogP contribution is -2.58. The van der Waals surface area contributed by atoms with Gasteiger partial charge in [-0.05, 0) is 31.0 Å². The maximum absolute atomic E-state index is 14.6. The van der Waals surface area contributed by atoms with Crippen molar-refractivity contribution >= 4 is 21.5 Å². The van der Waals surface area contributed by atoms with Crippen LogP contribution in [0.4, 0.5) is 17.6 Å². The molecular weight excluding hydrogens is 416 g/mol. The number of carbonyl (C=O) groups excluding carboxylic acids is 1. The van der Waals surface area contributed by atoms with Crippen molar-refractivity contribution in [3.63, 3.8) is 0 Å². The van der Waals surface area contributed by atoms with E-state index in [2.05, 4.69) is 4.99 Å². The predicted molar refractivity (Wildman–Crippen MR) is 96.7 cm³/mol. The molecule has 11 heteroatoms. The fraction of sp³-hybridized carbons (Fsp3) is 0.556. The first-order chi connectivity index (χ1) is 13.3. The van der Waals surface area contributed by atoms with Gasteiger partial charge in [0.25, 0.3) is 0 Å². The number of nitrogens with zero attached hydrogens (tertiary/aromatic N) is 1. The quantitative estimate of drug-likeness (QED) is 0.729. The summed E-state index contributed by atoms with van der Waals surface area (Å²) in [6.45, 7) is 1.46. The largest absolute Gasteiger partial charge is 0.395 e. The van der Waals surface area contributed by atoms with Gasteiger partial charge in [-0.15, -0.1) is 0 Å². The number of halogens is 4. The number of amidine groups is 1. The SMILES string of the molecule is C[C@@]1(c2cc(CC(=O)CC(F)(F)F)ccc2F)CS(=O)(=O)[C@]2(CCOC2)C(N)=N1. The first-order valence-electron chi connectivity index (χ1n) is 8.81. The molecule has 0 aliphatic carbocycles. The summed E-state index contributed by atoms with van der Waals surface area (Å²) in [4.78, 5) is 15.9. The summed E-state index contributed by atoms with van der Waals surface area (Å²) in [5, 5.41) is 0. The van der Waals surface area contributed by atoms with Crippen molar-refractivity contribution in [3.05, 3.63) is 35.1 Å². The molecule has 6 nitrogen and oxygen atoms in total. The van der Waals surface area contributed by atoms with Crippen molar-refractivity contribution in [2.45, 2.75) is 42.6 Å². The number of aliphatic imine (C=N–C) groups is 1. The Morgan fingerprint density at radius 1 is 1.34 bits per heavy atom. The van der Waals surface area contributed by atoms with Gasteiger partial charge in [0.2, 0.25) is 0 Å². The number of nitrogens with two attached hydrogens (primary N) is 1. The van der Waals surface area contributed by atoms with E-state index in [0.29, 0.717) is 0 Å². The molecule has 2 atom stereocenters. The number of hydrogen-bond donors (Lipinski definition) is 1. The number of rotatable bonds is 4. The first kappa shape index (κ1) is 21.7. The lowest BCUT2D eigenvalue weighted by Gasteiger charge is -2.39. The van der Waals surface area contributed by atoms with Crippen LogP contribution in [0.2, 0.25) is 0 Å². The zero-order valence-corrected chi connectivity index (χ0v) is 16.4. The van der Waals surface area contributed by atoms with E-state index >= 15 is 0 Å². The molecule has 2 N–H and O–H groups in total. The third-order valence-electron chi connectivity index (χ3n) is 5.30. The summed E-state index contributed by atoms with van der Waals surface area (Å²) in [5.74, 6) is -2.59. The zero-order valence-electron chi connectivity index (χ0n) is 15.6. The zero-order chi connectivity index (χ0) is 21.7. The number of Topliss-reactive ketones (excluding diaryl/α,β-unsaturated/α-hetero) is 1. The molecule has 0 aromatic heterocycles. The van der Waals surface area contributed by atoms with Gasteiger partial charge in [0, 0.05) is 18.6 Å². The first-order valence-corrected chi connectivity index (χ1v) is 10.5. The third-order valence-corrected chi connectivity index (χ3v) is 7.96. The smallest absolute Gasteiger partial charge is 0.386 e. The number of carbonyl (C=O) groups is 1. The van der Waals surface area contributed by atoms with Crippen LogP contribution in [0.5, 0.6) is 0 Å². The van der Waals surface area contributed by atoms with E-state index in [1.54, 1.807) is 0 Å². The molecule has 3 rings (SSSR count). The second kappa shape index (κ2) is 7.05. The molecule has 160 valence electrons. The van der Waals surface area contributed by atoms with Crippen molar-refractivity contribution in [2.24, 2.45) is 10.7 Å². The normalized spacial score (nSPS) is 29.1. The fourth-order valence-electron chi connectivity index (χ4n) is 3.81. The summed E-state index contributed by atoms with van der Waals surface area (Å²) in [6.07, 6.45) is -6.65. The molecule has 2 aliphatic rings. The molecule has 29 heavy (non-hydrogen) atoms. The fourth-order valence-corrected chi connectivity index (χ4v) is 6.07. The number of benzene rings is 1. The van der Waals surface area contributed by atoms with Crippen LogP contribution in [0, 0.1) is 5.82 Å². The molecule has 1 saturated heterocycles. The minimum atomic E-state index is -4.64. The molecule has 0 unspecified atom stereocenters. The molecule has 0 saturated carbocycles. The highest BCUT2D eigenvalue weighted by atomic mass is 32.2. The van der Waals surface area contributed by atoms with Crippen LogP contribution in [-0.4, -0.2) is 49.9 Å². The Balaban J connectivity index is 1.98. The highest BCUT2D eigenvalue weighted by Gasteiger charge is 2.57. The van der Waals surface area contributed by atoms with Crippen LogP contribution in [-0.2, 0) is 31.3 Å². The Bertz CT molecular complexity index is 969. The molecule has 2 aliphatic heterocycles. The highest BCUT2D eigenvalue weighted by molar-refractivity contribution is 7.93. The lowest BCUT2D eigenvalue weighted by molar-refractivity contribution is -0.151. The van der Waals surface area contributed by atoms with Crippen molar-refractivity contribution < 1.29 is 35.5 Å². The molecule has 0 bridgehead atoms. The summed E-state index contributed by atoms with van der Waals surface area (Å²) in [6, 6.07) is 3.35. The van der Waals surface area contributed by atoms with Crippen LogP contribution in [0.15, 0.2) is 23.2 Å². The van der Waals surface area contributed by atoms with Gasteiger partial charge >= 0.3 is 6.18 Å². The van der Waals surface area contributed by atoms with E-state index in [0.717, 1.165) is 6.07 Å². The molecule has 1 aromatic rings. The van der Waals surface area contributed by atoms with Crippen LogP contribution < -0.4 is 5.73 Å². The van der Waals surface area contributed by atoms with E-state index < -0.39 is 56.5 Å². The van der Waals surface area contributed by atoms with E-state index in [1.165, 1.54) is 19.1 Å². The molecule has 0 radical (unpaired) electrons. The molecule has 1 aromatic carbocycles. The molecule has 1 fully saturated rings. The average molecular weight is 436 g/mol. The van der Waals surface area contributed by atoms with Gasteiger partial charge in [0.1, 0.15) is 29.4 Å². The Morgan fingerprint density at radius 3 is 2.59 bits per heavy atom. The molecule has 0 amide bonds. The Morgan fingerprint density at radius 2 is 2.03 bits per heavy atom. The Kier molecular flexibility index (Phi) is 5.27. The van der Waals surface area contributed by atoms with Crippen LogP contribution in [0.25, 0.3) is 0 Å². The van der Waals surface area contributed by atoms with Crippen molar-refractivity contribution in [1.82, 2.24) is 0 Å². The van der Waals surface area contributed by atoms with Gasteiger partial charge in [-0.3, -0.25) is 9.79 Å². The van der Waals surface area contributed by atoms with Crippen LogP contribution in [0.3, 0.4) is 0 Å². The van der Waals surface area contributed by atoms with Crippen molar-refractivity contribution in [3.8, 4) is 0 Å². The summed E-state index contributed by atoms with van der Waals surface area (Å²) >= 11 is 0. The number of ketones is 1. The summed E-state index contributed by atoms with van der Waals surface area (Å²) < 4.78 is 81.5. The summed E-state index contributed by atoms with van der Waals surface area (Å²) in [7, 11) is -3.87. The highest BCUT2D eigenvalue weighted by Crippen LogP contribution is 2.41. The Hall–Kier alpha value is -2.01. The standard InChI is InChI=1S/C18H20F4N2O4S/c1-16(10-29(26,27)17(15(23)24-16)4-5-28-9-17)13-7-11(2-3-14(13)19)6-12(25)8-18(20,21)22/h2-3,7H,4-6,8-10H2,1H3,(H2,23,24)/t16-,17-/m0/s1. The minimum Gasteiger partial charge on any atom is -0.386 e. The molecule has 1 spiro atoms. The van der Waals surface area contributed by atoms with E-state index in [4.69, 9.17) is 10.5 Å². The number of ether oxygens (including phenoxy) is 1. The third kappa shape index (κ3) is 4.02. The van der Waals surface area contributed by atoms with Gasteiger partial charge < -0.3 is 10.5 Å². The molecule has 2 heterocycles. The second-order valence-electron chi connectivity index (χ2n) is 7.65. The van der Waals surface area contributed by atoms with Crippen molar-refractivity contribution in [2.75, 3.05) is 19.0 Å². The monoisotopic (exact) mass is 436 g/mol. The number of sulfone groups is 1. The van der Waals surface area contributed by atoms with E-state index in [9.17, 15) is 30.8 Å². The van der Waals surface area contributed by atoms with Gasteiger partial charge in [0.05, 0.1) is 12.4 Å². The van der Waals surface area contributed by atoms with E-state index in [-0.39, 0.29) is 36.6 Å². The van der Waals surface area contributed by atoms with Crippen molar-refractivity contribution in [1.29, 1.82) is 0 Å². The maximum atomic E-state index is 14.6. The lowest BCUT2D eigenvalue weighted by atomic mass is 9.90. The van der Waals surface area contributed by atoms with Gasteiger partial charge in [-0.25, -0.2) is 12.8 Å². The van der Waals surface area contributed by atoms with Crippen LogP contribution in [0.1, 0.15) is 30.9 Å². The maximum Gasteiger partial charge on any atom is 0.395 e. The van der Waals surface area contributed by atoms with Crippen LogP contribution >= 0.6 is 0 Å². The number of hydrogen-bond acceptors (Lipinski definition) is 6. The van der Waals surface area contributed by atoms with E-state index in [1.807, 2.05) is 0 Å². The summed E-state index contributed by atoms with van der Waals surface area (Å²) in [5.41, 5.74) is 4.40. The van der Waals surface area contributed by atoms with Gasteiger partial charge in [-0.2, -0.15) is 13.2 Å². The van der Waals surface area contributed by atoms with Gasteiger partial charge in [0.15, 0.2) is 14.6 Å².